The molecule has 10 heteroatoms. The number of aliphatic carboxylic acids is 2. The van der Waals surface area contributed by atoms with Gasteiger partial charge in [0.1, 0.15) is 0 Å². The van der Waals surface area contributed by atoms with Crippen LogP contribution in [0.1, 0.15) is 12.8 Å². The molecule has 64 valence electrons. The maximum absolute atomic E-state index is 9.50. The molecule has 14 heavy (non-hydrogen) atoms. The molecule has 0 fully saturated rings. The van der Waals surface area contributed by atoms with Gasteiger partial charge in [-0.1, -0.05) is 0 Å². The molecule has 0 radical (unpaired) electrons. The van der Waals surface area contributed by atoms with Crippen molar-refractivity contribution in [3.05, 3.63) is 0 Å². The van der Waals surface area contributed by atoms with Gasteiger partial charge in [0, 0.05) is 11.9 Å². The molecule has 0 saturated carbocycles. The van der Waals surface area contributed by atoms with E-state index in [2.05, 4.69) is 0 Å². The second-order valence-electron chi connectivity index (χ2n) is 1.32. The van der Waals surface area contributed by atoms with E-state index in [-0.39, 0.29) is 88.7 Å². The van der Waals surface area contributed by atoms with Crippen molar-refractivity contribution in [2.75, 3.05) is 0 Å². The van der Waals surface area contributed by atoms with Crippen LogP contribution in [0.5, 0.6) is 0 Å². The van der Waals surface area contributed by atoms with Crippen LogP contribution in [-0.4, -0.2) is 11.9 Å². The van der Waals surface area contributed by atoms with Crippen LogP contribution in [0.15, 0.2) is 0 Å². The number of hydrogen-bond donors (Lipinski definition) is 0. The van der Waals surface area contributed by atoms with Gasteiger partial charge in [-0.3, -0.25) is 4.57 Å². The average molecular weight is 248 g/mol. The standard InChI is InChI=1S/C4H6O4.3Na.HO2P/c5-3(6)1-2-4(7)8;;;;1-3-2/h1-2H2,(H,5,6)(H,7,8);;;;(H,1,2)/q;3*+1;/p-3. The van der Waals surface area contributed by atoms with E-state index in [1.165, 1.54) is 0 Å². The van der Waals surface area contributed by atoms with E-state index in [1.54, 1.807) is 0 Å². The van der Waals surface area contributed by atoms with Crippen LogP contribution in [0.3, 0.4) is 0 Å². The molecule has 0 aliphatic rings. The Balaban J connectivity index is -0.0000000405. The summed E-state index contributed by atoms with van der Waals surface area (Å²) in [5, 5.41) is 19.0. The molecule has 6 nitrogen and oxygen atoms in total. The van der Waals surface area contributed by atoms with Crippen molar-refractivity contribution < 1.29 is 118 Å². The zero-order valence-corrected chi connectivity index (χ0v) is 15.2. The topological polar surface area (TPSA) is 120 Å². The van der Waals surface area contributed by atoms with Gasteiger partial charge in [0.05, 0.1) is 8.69 Å². The molecule has 0 rings (SSSR count). The average Bonchev–Trinajstić information content (AvgIpc) is 1.85. The third-order valence-electron chi connectivity index (χ3n) is 0.533. The van der Waals surface area contributed by atoms with Gasteiger partial charge in [0.25, 0.3) is 0 Å². The van der Waals surface area contributed by atoms with Crippen molar-refractivity contribution in [2.24, 2.45) is 0 Å². The first kappa shape index (κ1) is 29.8. The van der Waals surface area contributed by atoms with E-state index in [0.717, 1.165) is 0 Å². The maximum Gasteiger partial charge on any atom is 1.00 e. The van der Waals surface area contributed by atoms with Gasteiger partial charge in [-0.05, 0) is 12.8 Å². The van der Waals surface area contributed by atoms with Gasteiger partial charge in [0.2, 0.25) is 0 Å². The molecule has 0 N–H and O–H groups in total. The molecule has 0 bridgehead atoms. The first-order chi connectivity index (χ1) is 5.04. The number of carboxylic acid groups (broad SMARTS) is 2. The molecule has 0 aliphatic carbocycles. The molecule has 0 unspecified atom stereocenters. The Morgan fingerprint density at radius 2 is 1.07 bits per heavy atom. The van der Waals surface area contributed by atoms with E-state index < -0.39 is 33.5 Å². The van der Waals surface area contributed by atoms with E-state index in [0.29, 0.717) is 0 Å². The second-order valence-corrected chi connectivity index (χ2v) is 1.47. The Morgan fingerprint density at radius 3 is 1.14 bits per heavy atom. The normalized spacial score (nSPS) is 6.36. The minimum atomic E-state index is -1.37. The summed E-state index contributed by atoms with van der Waals surface area (Å²) in [6.07, 6.45) is -0.940. The number of hydrogen-bond acceptors (Lipinski definition) is 6. The number of carbonyl (C=O) groups excluding carboxylic acids is 2. The predicted octanol–water partition coefficient (Wildman–Crippen LogP) is -12.2. The van der Waals surface area contributed by atoms with Crippen LogP contribution in [0.4, 0.5) is 0 Å². The monoisotopic (exact) mass is 248 g/mol. The summed E-state index contributed by atoms with van der Waals surface area (Å²) in [5.74, 6) is -2.73. The molecular formula is C4H4Na3O6P. The van der Waals surface area contributed by atoms with E-state index >= 15 is 0 Å². The quantitative estimate of drug-likeness (QED) is 0.361. The summed E-state index contributed by atoms with van der Waals surface area (Å²) in [4.78, 5) is 27.4. The second kappa shape index (κ2) is 24.3. The van der Waals surface area contributed by atoms with Gasteiger partial charge < -0.3 is 24.7 Å². The number of rotatable bonds is 3. The Labute approximate surface area is 149 Å². The van der Waals surface area contributed by atoms with Gasteiger partial charge >= 0.3 is 88.7 Å². The first-order valence-corrected chi connectivity index (χ1v) is 3.12. The van der Waals surface area contributed by atoms with Crippen molar-refractivity contribution in [1.82, 2.24) is 0 Å². The molecule has 0 heterocycles. The molecule has 0 aromatic heterocycles. The van der Waals surface area contributed by atoms with Gasteiger partial charge in [-0.2, -0.15) is 0 Å². The van der Waals surface area contributed by atoms with E-state index in [9.17, 15) is 19.8 Å². The number of carbonyl (C=O) groups is 2. The third-order valence-corrected chi connectivity index (χ3v) is 0.533. The van der Waals surface area contributed by atoms with Gasteiger partial charge in [-0.25, -0.2) is 0 Å². The van der Waals surface area contributed by atoms with Crippen LogP contribution < -0.4 is 104 Å². The van der Waals surface area contributed by atoms with Crippen LogP contribution in [0.2, 0.25) is 0 Å². The summed E-state index contributed by atoms with van der Waals surface area (Å²) in [5.41, 5.74) is 0. The molecule has 0 amide bonds. The molecular weight excluding hydrogens is 244 g/mol. The fraction of sp³-hybridized carbons (Fsp3) is 0.500. The predicted molar refractivity (Wildman–Crippen MR) is 26.9 cm³/mol. The molecule has 0 spiro atoms. The minimum absolute atomic E-state index is 0. The zero-order chi connectivity index (χ0) is 9.28. The fourth-order valence-corrected chi connectivity index (χ4v) is 0.204. The summed E-state index contributed by atoms with van der Waals surface area (Å²) in [6.45, 7) is 0. The largest absolute Gasteiger partial charge is 1.00 e. The van der Waals surface area contributed by atoms with Gasteiger partial charge in [0.15, 0.2) is 0 Å². The fourth-order valence-electron chi connectivity index (χ4n) is 0.204. The zero-order valence-electron chi connectivity index (χ0n) is 8.31. The molecule has 0 aromatic rings. The SMILES string of the molecule is O=C([O-])CCC(=O)[O-].O=P[O-].[Na+].[Na+].[Na+]. The third kappa shape index (κ3) is 48.3. The smallest absolute Gasteiger partial charge is 0.772 e. The van der Waals surface area contributed by atoms with Crippen LogP contribution in [0.25, 0.3) is 0 Å². The Kier molecular flexibility index (Phi) is 51.6. The number of carboxylic acids is 2. The van der Waals surface area contributed by atoms with Crippen LogP contribution in [-0.2, 0) is 14.2 Å². The molecule has 0 aromatic carbocycles. The summed E-state index contributed by atoms with van der Waals surface area (Å²) < 4.78 is 8.35. The van der Waals surface area contributed by atoms with Crippen LogP contribution >= 0.6 is 8.69 Å². The first-order valence-electron chi connectivity index (χ1n) is 2.39. The van der Waals surface area contributed by atoms with Crippen LogP contribution in [0, 0.1) is 0 Å². The van der Waals surface area contributed by atoms with E-state index in [4.69, 9.17) is 9.46 Å². The van der Waals surface area contributed by atoms with Crippen molar-refractivity contribution in [3.8, 4) is 0 Å². The summed E-state index contributed by atoms with van der Waals surface area (Å²) >= 11 is 0. The van der Waals surface area contributed by atoms with Crippen molar-refractivity contribution in [2.45, 2.75) is 12.8 Å². The van der Waals surface area contributed by atoms with E-state index in [1.807, 2.05) is 0 Å². The Bertz CT molecular complexity index is 140. The molecule has 0 atom stereocenters. The summed E-state index contributed by atoms with van der Waals surface area (Å²) in [6, 6.07) is 0. The summed E-state index contributed by atoms with van der Waals surface area (Å²) in [7, 11) is -1.08. The van der Waals surface area contributed by atoms with Crippen molar-refractivity contribution >= 4 is 20.6 Å². The minimum Gasteiger partial charge on any atom is -0.772 e. The Morgan fingerprint density at radius 1 is 0.929 bits per heavy atom. The maximum atomic E-state index is 9.50. The van der Waals surface area contributed by atoms with Crippen molar-refractivity contribution in [1.29, 1.82) is 0 Å². The molecule has 0 saturated heterocycles. The van der Waals surface area contributed by atoms with Crippen molar-refractivity contribution in [3.63, 3.8) is 0 Å². The Hall–Kier alpha value is 2.00. The van der Waals surface area contributed by atoms with Gasteiger partial charge in [-0.15, -0.1) is 0 Å². The molecule has 0 aliphatic heterocycles.